The number of aromatic hydroxyl groups is 1. The topological polar surface area (TPSA) is 53.4 Å². The van der Waals surface area contributed by atoms with E-state index < -0.39 is 0 Å². The van der Waals surface area contributed by atoms with E-state index in [0.29, 0.717) is 0 Å². The van der Waals surface area contributed by atoms with E-state index in [2.05, 4.69) is 17.1 Å². The number of benzene rings is 1. The van der Waals surface area contributed by atoms with Crippen LogP contribution in [0.3, 0.4) is 0 Å². The predicted octanol–water partition coefficient (Wildman–Crippen LogP) is 3.50. The summed E-state index contributed by atoms with van der Waals surface area (Å²) < 4.78 is 0. The van der Waals surface area contributed by atoms with E-state index in [9.17, 15) is 5.11 Å². The van der Waals surface area contributed by atoms with E-state index in [-0.39, 0.29) is 12.0 Å². The molecule has 1 aromatic carbocycles. The lowest BCUT2D eigenvalue weighted by Crippen LogP contribution is -1.97. The molecule has 2 N–H and O–H groups in total. The number of aliphatic hydroxyl groups is 1. The largest absolute Gasteiger partial charge is 0.493 e. The summed E-state index contributed by atoms with van der Waals surface area (Å²) in [6.45, 7) is 1.81. The molecule has 19 heavy (non-hydrogen) atoms. The van der Waals surface area contributed by atoms with Gasteiger partial charge in [0.05, 0.1) is 11.6 Å². The minimum Gasteiger partial charge on any atom is -0.493 e. The number of fused-ring (bicyclic) bond motifs is 1. The summed E-state index contributed by atoms with van der Waals surface area (Å²) in [4.78, 5) is 4.05. The molecule has 100 valence electrons. The van der Waals surface area contributed by atoms with E-state index in [0.717, 1.165) is 35.7 Å². The van der Waals surface area contributed by atoms with Crippen LogP contribution in [0, 0.1) is 0 Å². The van der Waals surface area contributed by atoms with Gasteiger partial charge in [-0.2, -0.15) is 0 Å². The average molecular weight is 257 g/mol. The van der Waals surface area contributed by atoms with E-state index >= 15 is 0 Å². The first-order valence-corrected chi connectivity index (χ1v) is 6.59. The van der Waals surface area contributed by atoms with E-state index in [4.69, 9.17) is 5.11 Å². The number of rotatable bonds is 5. The normalized spacial score (nSPS) is 13.2. The molecule has 0 fully saturated rings. The Hall–Kier alpha value is -1.87. The number of aliphatic hydroxyl groups excluding tert-OH is 1. The predicted molar refractivity (Wildman–Crippen MR) is 78.0 cm³/mol. The maximum absolute atomic E-state index is 9.30. The third-order valence-electron chi connectivity index (χ3n) is 3.00. The molecule has 0 amide bonds. The Morgan fingerprint density at radius 1 is 1.26 bits per heavy atom. The summed E-state index contributed by atoms with van der Waals surface area (Å²) in [5.41, 5.74) is 1.92. The van der Waals surface area contributed by atoms with Crippen LogP contribution in [0.1, 0.15) is 31.7 Å². The smallest absolute Gasteiger partial charge is 0.211 e. The molecule has 0 spiro atoms. The molecular weight excluding hydrogens is 238 g/mol. The molecular formula is C16H19NO2. The molecule has 0 saturated heterocycles. The highest BCUT2D eigenvalue weighted by Gasteiger charge is 1.97. The second-order valence-electron chi connectivity index (χ2n) is 4.80. The molecule has 0 aliphatic heterocycles. The first kappa shape index (κ1) is 13.6. The summed E-state index contributed by atoms with van der Waals surface area (Å²) in [5.74, 6) is 0.0499. The van der Waals surface area contributed by atoms with Crippen LogP contribution in [0.25, 0.3) is 17.0 Å². The van der Waals surface area contributed by atoms with E-state index in [1.54, 1.807) is 6.07 Å². The minimum absolute atomic E-state index is 0.0499. The quantitative estimate of drug-likeness (QED) is 0.806. The third-order valence-corrected chi connectivity index (χ3v) is 3.00. The maximum Gasteiger partial charge on any atom is 0.211 e. The van der Waals surface area contributed by atoms with Crippen molar-refractivity contribution >= 4 is 17.0 Å². The number of unbranched alkanes of at least 4 members (excludes halogenated alkanes) is 1. The Morgan fingerprint density at radius 3 is 2.89 bits per heavy atom. The Bertz CT molecular complexity index is 576. The summed E-state index contributed by atoms with van der Waals surface area (Å²) >= 11 is 0. The van der Waals surface area contributed by atoms with Gasteiger partial charge >= 0.3 is 0 Å². The number of pyridine rings is 1. The zero-order valence-electron chi connectivity index (χ0n) is 11.1. The Kier molecular flexibility index (Phi) is 4.53. The Labute approximate surface area is 113 Å². The van der Waals surface area contributed by atoms with Gasteiger partial charge in [0.15, 0.2) is 0 Å². The van der Waals surface area contributed by atoms with Gasteiger partial charge in [-0.3, -0.25) is 0 Å². The zero-order valence-corrected chi connectivity index (χ0v) is 11.1. The fourth-order valence-electron chi connectivity index (χ4n) is 1.99. The summed E-state index contributed by atoms with van der Waals surface area (Å²) in [7, 11) is 0. The minimum atomic E-state index is -0.215. The molecule has 3 heteroatoms. The first-order chi connectivity index (χ1) is 9.15. The van der Waals surface area contributed by atoms with Crippen LogP contribution in [0.4, 0.5) is 0 Å². The van der Waals surface area contributed by atoms with Crippen molar-refractivity contribution in [2.45, 2.75) is 32.3 Å². The summed E-state index contributed by atoms with van der Waals surface area (Å²) in [6.07, 6.45) is 6.79. The summed E-state index contributed by atoms with van der Waals surface area (Å²) in [6, 6.07) is 9.40. The van der Waals surface area contributed by atoms with Crippen LogP contribution in [0.15, 0.2) is 36.4 Å². The van der Waals surface area contributed by atoms with Gasteiger partial charge in [-0.15, -0.1) is 0 Å². The molecule has 0 aliphatic rings. The van der Waals surface area contributed by atoms with Gasteiger partial charge in [-0.1, -0.05) is 18.2 Å². The second kappa shape index (κ2) is 6.34. The second-order valence-corrected chi connectivity index (χ2v) is 4.80. The van der Waals surface area contributed by atoms with E-state index in [1.807, 2.05) is 31.2 Å². The zero-order chi connectivity index (χ0) is 13.7. The Balaban J connectivity index is 2.01. The SMILES string of the molecule is CC(O)CCC/C=C/c1ccc2nc(O)ccc2c1. The molecule has 3 nitrogen and oxygen atoms in total. The lowest BCUT2D eigenvalue weighted by atomic mass is 10.1. The molecule has 0 aliphatic carbocycles. The summed E-state index contributed by atoms with van der Waals surface area (Å²) in [5, 5.41) is 19.5. The number of hydrogen-bond acceptors (Lipinski definition) is 3. The van der Waals surface area contributed by atoms with Crippen LogP contribution in [-0.4, -0.2) is 21.3 Å². The van der Waals surface area contributed by atoms with Crippen molar-refractivity contribution in [1.29, 1.82) is 0 Å². The Morgan fingerprint density at radius 2 is 2.11 bits per heavy atom. The highest BCUT2D eigenvalue weighted by Crippen LogP contribution is 2.18. The standard InChI is InChI=1S/C16H19NO2/c1-12(18)5-3-2-4-6-13-7-9-15-14(11-13)8-10-16(19)17-15/h4,6-12,18H,2-3,5H2,1H3,(H,17,19)/b6-4+. The number of allylic oxidation sites excluding steroid dienone is 1. The molecule has 0 radical (unpaired) electrons. The van der Waals surface area contributed by atoms with Crippen molar-refractivity contribution in [1.82, 2.24) is 4.98 Å². The van der Waals surface area contributed by atoms with Crippen molar-refractivity contribution in [2.75, 3.05) is 0 Å². The fourth-order valence-corrected chi connectivity index (χ4v) is 1.99. The van der Waals surface area contributed by atoms with Gasteiger partial charge in [0.2, 0.25) is 5.88 Å². The highest BCUT2D eigenvalue weighted by molar-refractivity contribution is 5.81. The van der Waals surface area contributed by atoms with Crippen LogP contribution in [-0.2, 0) is 0 Å². The molecule has 0 bridgehead atoms. The molecule has 1 heterocycles. The molecule has 0 saturated carbocycles. The van der Waals surface area contributed by atoms with Crippen LogP contribution < -0.4 is 0 Å². The van der Waals surface area contributed by atoms with Crippen molar-refractivity contribution in [3.05, 3.63) is 42.0 Å². The van der Waals surface area contributed by atoms with Crippen molar-refractivity contribution in [2.24, 2.45) is 0 Å². The number of hydrogen-bond donors (Lipinski definition) is 2. The van der Waals surface area contributed by atoms with Gasteiger partial charge < -0.3 is 10.2 Å². The monoisotopic (exact) mass is 257 g/mol. The lowest BCUT2D eigenvalue weighted by Gasteiger charge is -2.01. The highest BCUT2D eigenvalue weighted by atomic mass is 16.3. The number of aromatic nitrogens is 1. The van der Waals surface area contributed by atoms with Crippen LogP contribution >= 0.6 is 0 Å². The number of nitrogens with zero attached hydrogens (tertiary/aromatic N) is 1. The molecule has 1 aromatic heterocycles. The van der Waals surface area contributed by atoms with Crippen molar-refractivity contribution in [3.63, 3.8) is 0 Å². The maximum atomic E-state index is 9.30. The molecule has 2 rings (SSSR count). The molecule has 1 unspecified atom stereocenters. The van der Waals surface area contributed by atoms with Crippen LogP contribution in [0.5, 0.6) is 5.88 Å². The average Bonchev–Trinajstić information content (AvgIpc) is 2.38. The van der Waals surface area contributed by atoms with Gasteiger partial charge in [0.1, 0.15) is 0 Å². The fraction of sp³-hybridized carbons (Fsp3) is 0.312. The van der Waals surface area contributed by atoms with E-state index in [1.165, 1.54) is 0 Å². The van der Waals surface area contributed by atoms with Gasteiger partial charge in [-0.05, 0) is 49.9 Å². The third kappa shape index (κ3) is 4.07. The first-order valence-electron chi connectivity index (χ1n) is 6.59. The van der Waals surface area contributed by atoms with Gasteiger partial charge in [-0.25, -0.2) is 4.98 Å². The van der Waals surface area contributed by atoms with Crippen molar-refractivity contribution in [3.8, 4) is 5.88 Å². The van der Waals surface area contributed by atoms with Crippen molar-refractivity contribution < 1.29 is 10.2 Å². The van der Waals surface area contributed by atoms with Gasteiger partial charge in [0, 0.05) is 11.5 Å². The molecule has 2 aromatic rings. The lowest BCUT2D eigenvalue weighted by molar-refractivity contribution is 0.182. The van der Waals surface area contributed by atoms with Crippen LogP contribution in [0.2, 0.25) is 0 Å². The molecule has 1 atom stereocenters. The van der Waals surface area contributed by atoms with Gasteiger partial charge in [0.25, 0.3) is 0 Å².